The minimum absolute atomic E-state index is 0.259. The van der Waals surface area contributed by atoms with Gasteiger partial charge in [-0.15, -0.1) is 0 Å². The van der Waals surface area contributed by atoms with Gasteiger partial charge in [-0.25, -0.2) is 0 Å². The second kappa shape index (κ2) is 5.23. The molecule has 0 atom stereocenters. The minimum Gasteiger partial charge on any atom is -0.329 e. The zero-order chi connectivity index (χ0) is 9.73. The van der Waals surface area contributed by atoms with Crippen molar-refractivity contribution in [2.75, 3.05) is 24.6 Å². The topological polar surface area (TPSA) is 38.0 Å². The Kier molecular flexibility index (Phi) is 4.56. The van der Waals surface area contributed by atoms with E-state index in [4.69, 9.17) is 5.73 Å². The van der Waals surface area contributed by atoms with Crippen molar-refractivity contribution in [3.8, 4) is 0 Å². The van der Waals surface area contributed by atoms with Gasteiger partial charge in [0.1, 0.15) is 0 Å². The van der Waals surface area contributed by atoms with Gasteiger partial charge in [0.25, 0.3) is 0 Å². The van der Waals surface area contributed by atoms with Gasteiger partial charge < -0.3 is 11.1 Å². The molecule has 1 fully saturated rings. The molecule has 3 heteroatoms. The normalized spacial score (nSPS) is 22.2. The van der Waals surface area contributed by atoms with E-state index < -0.39 is 0 Å². The molecule has 0 unspecified atom stereocenters. The van der Waals surface area contributed by atoms with Crippen LogP contribution in [0.25, 0.3) is 0 Å². The molecule has 1 heterocycles. The predicted molar refractivity (Wildman–Crippen MR) is 61.2 cm³/mol. The van der Waals surface area contributed by atoms with Gasteiger partial charge in [-0.1, -0.05) is 13.8 Å². The molecule has 0 radical (unpaired) electrons. The fourth-order valence-corrected chi connectivity index (χ4v) is 2.91. The Morgan fingerprint density at radius 3 is 2.46 bits per heavy atom. The van der Waals surface area contributed by atoms with Crippen molar-refractivity contribution >= 4 is 11.8 Å². The molecule has 0 bridgehead atoms. The van der Waals surface area contributed by atoms with E-state index in [-0.39, 0.29) is 5.54 Å². The highest BCUT2D eigenvalue weighted by Crippen LogP contribution is 2.26. The van der Waals surface area contributed by atoms with Crippen molar-refractivity contribution in [3.63, 3.8) is 0 Å². The fraction of sp³-hybridized carbons (Fsp3) is 1.00. The van der Waals surface area contributed by atoms with Crippen LogP contribution in [-0.4, -0.2) is 30.1 Å². The fourth-order valence-electron chi connectivity index (χ4n) is 1.64. The van der Waals surface area contributed by atoms with E-state index in [0.29, 0.717) is 0 Å². The second-order valence-electron chi connectivity index (χ2n) is 4.37. The highest BCUT2D eigenvalue weighted by molar-refractivity contribution is 7.99. The monoisotopic (exact) mass is 202 g/mol. The van der Waals surface area contributed by atoms with Crippen molar-refractivity contribution < 1.29 is 0 Å². The molecule has 1 aliphatic rings. The number of nitrogens with one attached hydrogen (secondary N) is 1. The number of thioether (sulfide) groups is 1. The predicted octanol–water partition coefficient (Wildman–Crippen LogP) is 1.46. The highest BCUT2D eigenvalue weighted by Gasteiger charge is 2.29. The first kappa shape index (κ1) is 11.3. The standard InChI is InChI=1S/C10H22N2S/c1-9(2)7-12-10(8-11)3-5-13-6-4-10/h9,12H,3-8,11H2,1-2H3. The second-order valence-corrected chi connectivity index (χ2v) is 5.60. The third kappa shape index (κ3) is 3.49. The molecule has 1 aliphatic heterocycles. The summed E-state index contributed by atoms with van der Waals surface area (Å²) in [5.74, 6) is 3.25. The van der Waals surface area contributed by atoms with Gasteiger partial charge in [-0.3, -0.25) is 0 Å². The minimum atomic E-state index is 0.259. The van der Waals surface area contributed by atoms with Gasteiger partial charge in [0, 0.05) is 12.1 Å². The molecule has 0 amide bonds. The van der Waals surface area contributed by atoms with Crippen molar-refractivity contribution in [1.29, 1.82) is 0 Å². The van der Waals surface area contributed by atoms with Gasteiger partial charge in [-0.2, -0.15) is 11.8 Å². The molecule has 13 heavy (non-hydrogen) atoms. The summed E-state index contributed by atoms with van der Waals surface area (Å²) in [5, 5.41) is 3.65. The molecule has 1 rings (SSSR count). The Hall–Kier alpha value is 0.270. The van der Waals surface area contributed by atoms with E-state index in [2.05, 4.69) is 30.9 Å². The maximum Gasteiger partial charge on any atom is 0.0319 e. The Labute approximate surface area is 86.0 Å². The largest absolute Gasteiger partial charge is 0.329 e. The summed E-state index contributed by atoms with van der Waals surface area (Å²) in [6.45, 7) is 6.38. The van der Waals surface area contributed by atoms with Crippen molar-refractivity contribution in [1.82, 2.24) is 5.32 Å². The van der Waals surface area contributed by atoms with Gasteiger partial charge >= 0.3 is 0 Å². The molecule has 0 aliphatic carbocycles. The van der Waals surface area contributed by atoms with Gasteiger partial charge in [0.05, 0.1) is 0 Å². The van der Waals surface area contributed by atoms with Crippen LogP contribution in [0.15, 0.2) is 0 Å². The number of nitrogens with two attached hydrogens (primary N) is 1. The van der Waals surface area contributed by atoms with E-state index in [9.17, 15) is 0 Å². The lowest BCUT2D eigenvalue weighted by Gasteiger charge is -2.37. The number of rotatable bonds is 4. The maximum atomic E-state index is 5.85. The summed E-state index contributed by atoms with van der Waals surface area (Å²) in [6, 6.07) is 0. The highest BCUT2D eigenvalue weighted by atomic mass is 32.2. The van der Waals surface area contributed by atoms with Crippen molar-refractivity contribution in [2.24, 2.45) is 11.7 Å². The Morgan fingerprint density at radius 1 is 1.38 bits per heavy atom. The van der Waals surface area contributed by atoms with E-state index in [1.54, 1.807) is 0 Å². The number of hydrogen-bond acceptors (Lipinski definition) is 3. The molecule has 0 saturated carbocycles. The van der Waals surface area contributed by atoms with Crippen molar-refractivity contribution in [3.05, 3.63) is 0 Å². The average Bonchev–Trinajstić information content (AvgIpc) is 2.16. The maximum absolute atomic E-state index is 5.85. The van der Waals surface area contributed by atoms with E-state index in [0.717, 1.165) is 19.0 Å². The molecular weight excluding hydrogens is 180 g/mol. The lowest BCUT2D eigenvalue weighted by molar-refractivity contribution is 0.294. The van der Waals surface area contributed by atoms with Crippen LogP contribution in [0.3, 0.4) is 0 Å². The molecule has 0 spiro atoms. The summed E-state index contributed by atoms with van der Waals surface area (Å²) in [7, 11) is 0. The third-order valence-electron chi connectivity index (χ3n) is 2.73. The van der Waals surface area contributed by atoms with Gasteiger partial charge in [-0.05, 0) is 36.8 Å². The first-order valence-corrected chi connectivity index (χ1v) is 6.37. The lowest BCUT2D eigenvalue weighted by Crippen LogP contribution is -2.54. The van der Waals surface area contributed by atoms with Crippen LogP contribution in [0.4, 0.5) is 0 Å². The van der Waals surface area contributed by atoms with Crippen LogP contribution in [0.5, 0.6) is 0 Å². The quantitative estimate of drug-likeness (QED) is 0.725. The average molecular weight is 202 g/mol. The smallest absolute Gasteiger partial charge is 0.0319 e. The molecular formula is C10H22N2S. The first-order chi connectivity index (χ1) is 6.18. The molecule has 3 N–H and O–H groups in total. The third-order valence-corrected chi connectivity index (χ3v) is 3.71. The van der Waals surface area contributed by atoms with Gasteiger partial charge in [0.2, 0.25) is 0 Å². The summed E-state index contributed by atoms with van der Waals surface area (Å²) in [5.41, 5.74) is 6.11. The van der Waals surface area contributed by atoms with Crippen LogP contribution in [0, 0.1) is 5.92 Å². The van der Waals surface area contributed by atoms with Crippen LogP contribution in [-0.2, 0) is 0 Å². The lowest BCUT2D eigenvalue weighted by atomic mass is 9.92. The summed E-state index contributed by atoms with van der Waals surface area (Å²) in [6.07, 6.45) is 2.47. The Balaban J connectivity index is 2.38. The van der Waals surface area contributed by atoms with Crippen molar-refractivity contribution in [2.45, 2.75) is 32.2 Å². The number of hydrogen-bond donors (Lipinski definition) is 2. The Bertz CT molecular complexity index is 142. The SMILES string of the molecule is CC(C)CNC1(CN)CCSCC1. The van der Waals surface area contributed by atoms with E-state index in [1.165, 1.54) is 24.3 Å². The summed E-state index contributed by atoms with van der Waals surface area (Å²) < 4.78 is 0. The van der Waals surface area contributed by atoms with Crippen LogP contribution >= 0.6 is 11.8 Å². The van der Waals surface area contributed by atoms with Crippen LogP contribution < -0.4 is 11.1 Å². The first-order valence-electron chi connectivity index (χ1n) is 5.21. The molecule has 1 saturated heterocycles. The van der Waals surface area contributed by atoms with Gasteiger partial charge in [0.15, 0.2) is 0 Å². The Morgan fingerprint density at radius 2 is 2.00 bits per heavy atom. The van der Waals surface area contributed by atoms with E-state index >= 15 is 0 Å². The van der Waals surface area contributed by atoms with E-state index in [1.807, 2.05) is 0 Å². The molecule has 0 aromatic rings. The molecule has 2 nitrogen and oxygen atoms in total. The molecule has 78 valence electrons. The zero-order valence-electron chi connectivity index (χ0n) is 8.81. The molecule has 0 aromatic heterocycles. The molecule has 0 aromatic carbocycles. The summed E-state index contributed by atoms with van der Waals surface area (Å²) >= 11 is 2.05. The summed E-state index contributed by atoms with van der Waals surface area (Å²) in [4.78, 5) is 0. The zero-order valence-corrected chi connectivity index (χ0v) is 9.62. The van der Waals surface area contributed by atoms with Crippen LogP contribution in [0.1, 0.15) is 26.7 Å². The van der Waals surface area contributed by atoms with Crippen LogP contribution in [0.2, 0.25) is 0 Å².